The van der Waals surface area contributed by atoms with Gasteiger partial charge in [-0.1, -0.05) is 89.8 Å². The van der Waals surface area contributed by atoms with Gasteiger partial charge in [0.2, 0.25) is 0 Å². The van der Waals surface area contributed by atoms with Crippen molar-refractivity contribution < 1.29 is 23.3 Å². The van der Waals surface area contributed by atoms with E-state index in [9.17, 15) is 14.4 Å². The molecule has 0 spiro atoms. The number of allylic oxidation sites excluding steroid dienone is 1. The molecular weight excluding hydrogens is 1330 g/mol. The Kier molecular flexibility index (Phi) is 33.1. The standard InChI is InChI=1S/C24H33NO2S2.C18H19NO2S2.C8H14O2.4CH4.3HI.V/c1-9-18(12-24(6,7)8)13-25-21(19-10-14(2)28-16(19)4)22(27-23(25)26)20-11-15(3)29-17(20)5;1-6-7-19-16(14-8-10(2)22-12(14)4)17(21-18(19)20)15-9-11(3)23-13(15)5;1-4-5-6-10-8(9)7(2)3;;;;;;;;/h10-11,18H,9,12-13H2,1-8H3;6,8-9H,1,7H2,2-5H3;2,4-6H2,1,3H3;4*1H4;3*1H;/q;;;;;;;;;;+3/p-3. The summed E-state index contributed by atoms with van der Waals surface area (Å²) in [4.78, 5) is 45.6. The Morgan fingerprint density at radius 3 is 1.37 bits per heavy atom. The van der Waals surface area contributed by atoms with Crippen LogP contribution in [-0.4, -0.2) is 21.7 Å². The van der Waals surface area contributed by atoms with Crippen molar-refractivity contribution in [1.29, 1.82) is 0 Å². The third-order valence-electron chi connectivity index (χ3n) is 10.3. The molecule has 0 N–H and O–H groups in total. The Morgan fingerprint density at radius 2 is 1.07 bits per heavy atom. The number of carbonyl (C=O) groups excluding carboxylic acids is 1. The fraction of sp³-hybridized carbons (Fsp3) is 0.500. The number of hydrogen-bond acceptors (Lipinski definition) is 10. The topological polar surface area (TPSA) is 96.6 Å². The first kappa shape index (κ1) is 70.6. The number of oxazole rings is 2. The number of ether oxygens (including phenoxy) is 1. The van der Waals surface area contributed by atoms with E-state index in [1.165, 1.54) is 34.1 Å². The van der Waals surface area contributed by atoms with Crippen molar-refractivity contribution in [3.05, 3.63) is 109 Å². The van der Waals surface area contributed by atoms with Gasteiger partial charge in [0, 0.05) is 79.9 Å². The summed E-state index contributed by atoms with van der Waals surface area (Å²) in [5, 5.41) is 0. The van der Waals surface area contributed by atoms with Gasteiger partial charge in [-0.25, -0.2) is 14.4 Å². The summed E-state index contributed by atoms with van der Waals surface area (Å²) in [5.41, 5.74) is 6.75. The van der Waals surface area contributed by atoms with E-state index in [0.29, 0.717) is 36.9 Å². The third-order valence-corrected chi connectivity index (χ3v) is 14.1. The molecule has 1 atom stereocenters. The average Bonchev–Trinajstić information content (AvgIpc) is 4.04. The van der Waals surface area contributed by atoms with Crippen LogP contribution in [0, 0.1) is 66.7 Å². The van der Waals surface area contributed by atoms with Gasteiger partial charge in [-0.15, -0.1) is 51.9 Å². The summed E-state index contributed by atoms with van der Waals surface area (Å²) in [5.74, 6) is 0.967. The molecule has 0 saturated carbocycles. The molecule has 8 nitrogen and oxygen atoms in total. The molecule has 0 saturated heterocycles. The van der Waals surface area contributed by atoms with Crippen molar-refractivity contribution in [3.8, 4) is 45.2 Å². The predicted octanol–water partition coefficient (Wildman–Crippen LogP) is 20.0. The number of nitrogens with zero attached hydrogens (tertiary/aromatic N) is 2. The molecule has 0 amide bonds. The number of thiophene rings is 4. The van der Waals surface area contributed by atoms with Gasteiger partial charge in [0.15, 0.2) is 11.5 Å². The summed E-state index contributed by atoms with van der Waals surface area (Å²) < 4.78 is 20.0. The van der Waals surface area contributed by atoms with Gasteiger partial charge in [-0.3, -0.25) is 9.13 Å². The first-order chi connectivity index (χ1) is 30.8. The SMILES string of the molecule is C.C.C.C.C=C(C)C(=O)OCCCC.C=CCn1c(-c2cc(C)sc2C)c(-c2cc(C)sc2C)oc1=O.CCC(Cn1c(-c2cc(C)sc2C)c(-c2cc(C)sc2C)oc1=O)CC(C)(C)C.[I][V]([I])[I]. The minimum atomic E-state index is -0.332. The van der Waals surface area contributed by atoms with Crippen molar-refractivity contribution in [2.45, 2.75) is 165 Å². The van der Waals surface area contributed by atoms with E-state index in [4.69, 9.17) is 13.6 Å². The van der Waals surface area contributed by atoms with Gasteiger partial charge < -0.3 is 13.6 Å². The molecule has 70 heavy (non-hydrogen) atoms. The number of halogens is 3. The Bertz CT molecular complexity index is 2680. The number of rotatable bonds is 14. The first-order valence-electron chi connectivity index (χ1n) is 21.8. The number of esters is 1. The molecule has 6 aromatic rings. The summed E-state index contributed by atoms with van der Waals surface area (Å²) >= 11 is 14.4. The molecule has 0 aliphatic rings. The van der Waals surface area contributed by atoms with Crippen molar-refractivity contribution in [2.24, 2.45) is 11.3 Å². The summed E-state index contributed by atoms with van der Waals surface area (Å²) in [7, 11) is 0. The van der Waals surface area contributed by atoms with Crippen LogP contribution in [0.15, 0.2) is 67.5 Å². The Labute approximate surface area is 475 Å². The number of carbonyl (C=O) groups is 1. The van der Waals surface area contributed by atoms with Crippen LogP contribution in [-0.2, 0) is 27.5 Å². The van der Waals surface area contributed by atoms with Crippen LogP contribution < -0.4 is 11.5 Å². The molecule has 0 fully saturated rings. The van der Waals surface area contributed by atoms with Gasteiger partial charge in [0.05, 0.1) is 18.0 Å². The minimum absolute atomic E-state index is 0. The second-order valence-electron chi connectivity index (χ2n) is 17.4. The molecule has 16 heteroatoms. The normalized spacial score (nSPS) is 10.9. The van der Waals surface area contributed by atoms with E-state index in [1.54, 1.807) is 62.9 Å². The molecule has 6 heterocycles. The Morgan fingerprint density at radius 1 is 0.714 bits per heavy atom. The molecule has 0 aliphatic carbocycles. The van der Waals surface area contributed by atoms with E-state index in [2.05, 4.69) is 187 Å². The van der Waals surface area contributed by atoms with Crippen LogP contribution in [0.4, 0.5) is 0 Å². The van der Waals surface area contributed by atoms with E-state index in [1.807, 2.05) is 4.57 Å². The van der Waals surface area contributed by atoms with Crippen LogP contribution >= 0.6 is 105 Å². The number of unbranched alkanes of at least 4 members (excludes halogenated alkanes) is 1. The molecule has 0 aliphatic heterocycles. The molecule has 1 unspecified atom stereocenters. The number of hydrogen-bond donors (Lipinski definition) is 0. The zero-order valence-corrected chi connectivity index (χ0v) is 52.0. The van der Waals surface area contributed by atoms with Crippen molar-refractivity contribution in [2.75, 3.05) is 6.61 Å². The van der Waals surface area contributed by atoms with E-state index in [0.717, 1.165) is 70.0 Å². The average molecular weight is 1420 g/mol. The van der Waals surface area contributed by atoms with E-state index < -0.39 is 0 Å². The molecule has 394 valence electrons. The van der Waals surface area contributed by atoms with Gasteiger partial charge in [0.1, 0.15) is 0 Å². The maximum absolute atomic E-state index is 13.1. The molecule has 0 aromatic carbocycles. The molecule has 0 radical (unpaired) electrons. The predicted molar refractivity (Wildman–Crippen MR) is 335 cm³/mol. The van der Waals surface area contributed by atoms with E-state index >= 15 is 0 Å². The summed E-state index contributed by atoms with van der Waals surface area (Å²) in [6, 6.07) is 8.56. The fourth-order valence-electron chi connectivity index (χ4n) is 7.51. The molecular formula is C54H82I3N2O6S4V. The van der Waals surface area contributed by atoms with Crippen LogP contribution in [0.3, 0.4) is 0 Å². The van der Waals surface area contributed by atoms with Gasteiger partial charge in [-0.2, -0.15) is 0 Å². The van der Waals surface area contributed by atoms with Crippen LogP contribution in [0.1, 0.15) is 136 Å². The summed E-state index contributed by atoms with van der Waals surface area (Å²) in [6.07, 6.45) is 5.82. The van der Waals surface area contributed by atoms with Crippen molar-refractivity contribution in [1.82, 2.24) is 9.13 Å². The zero-order chi connectivity index (χ0) is 49.8. The third kappa shape index (κ3) is 20.7. The van der Waals surface area contributed by atoms with Crippen LogP contribution in [0.25, 0.3) is 45.2 Å². The van der Waals surface area contributed by atoms with Gasteiger partial charge >= 0.3 is 82.3 Å². The second kappa shape index (κ2) is 32.8. The van der Waals surface area contributed by atoms with Crippen molar-refractivity contribution in [3.63, 3.8) is 0 Å². The second-order valence-corrected chi connectivity index (χ2v) is 58.6. The zero-order valence-electron chi connectivity index (χ0n) is 40.9. The quantitative estimate of drug-likeness (QED) is 0.0354. The van der Waals surface area contributed by atoms with Gasteiger partial charge in [-0.05, 0) is 111 Å². The maximum atomic E-state index is 13.1. The molecule has 6 aromatic heterocycles. The number of aromatic nitrogens is 2. The van der Waals surface area contributed by atoms with Crippen LogP contribution in [0.5, 0.6) is 0 Å². The molecule has 0 bridgehead atoms. The van der Waals surface area contributed by atoms with Gasteiger partial charge in [0.25, 0.3) is 0 Å². The van der Waals surface area contributed by atoms with Crippen LogP contribution in [0.2, 0.25) is 0 Å². The van der Waals surface area contributed by atoms with E-state index in [-0.39, 0.29) is 57.5 Å². The Hall–Kier alpha value is -1.46. The summed E-state index contributed by atoms with van der Waals surface area (Å²) in [6.45, 7) is 38.4. The monoisotopic (exact) mass is 1410 g/mol. The van der Waals surface area contributed by atoms with Crippen molar-refractivity contribution >= 4 is 111 Å². The first-order valence-corrected chi connectivity index (χ1v) is 38.6. The Balaban J connectivity index is 0. The molecule has 6 rings (SSSR count). The number of aryl methyl sites for hydroxylation is 8. The fourth-order valence-corrected chi connectivity index (χ4v) is 11.2.